The van der Waals surface area contributed by atoms with Gasteiger partial charge in [-0.05, 0) is 29.8 Å². The van der Waals surface area contributed by atoms with Gasteiger partial charge in [-0.25, -0.2) is 22.4 Å². The van der Waals surface area contributed by atoms with Crippen LogP contribution in [0.5, 0.6) is 0 Å². The summed E-state index contributed by atoms with van der Waals surface area (Å²) in [5, 5.41) is 11.7. The number of nitriles is 1. The van der Waals surface area contributed by atoms with Crippen molar-refractivity contribution in [3.63, 3.8) is 0 Å². The van der Waals surface area contributed by atoms with E-state index in [0.717, 1.165) is 0 Å². The number of nitrogens with zero attached hydrogens (tertiary/aromatic N) is 3. The highest BCUT2D eigenvalue weighted by Crippen LogP contribution is 2.31. The largest absolute Gasteiger partial charge is 0.348 e. The van der Waals surface area contributed by atoms with E-state index in [4.69, 9.17) is 0 Å². The maximum atomic E-state index is 14.5. The molecule has 1 aliphatic heterocycles. The van der Waals surface area contributed by atoms with Crippen molar-refractivity contribution < 1.29 is 27.2 Å². The monoisotopic (exact) mass is 482 g/mol. The second kappa shape index (κ2) is 9.46. The number of anilines is 1. The summed E-state index contributed by atoms with van der Waals surface area (Å²) in [6.07, 6.45) is 0. The summed E-state index contributed by atoms with van der Waals surface area (Å²) in [5.74, 6) is -4.68. The van der Waals surface area contributed by atoms with E-state index < -0.39 is 47.3 Å². The molecule has 0 spiro atoms. The Hall–Kier alpha value is -4.39. The van der Waals surface area contributed by atoms with E-state index in [1.165, 1.54) is 40.1 Å². The van der Waals surface area contributed by atoms with Crippen molar-refractivity contribution in [3.05, 3.63) is 99.6 Å². The molecular weight excluding hydrogens is 464 g/mol. The zero-order chi connectivity index (χ0) is 25.3. The first kappa shape index (κ1) is 23.8. The Labute approximate surface area is 198 Å². The normalized spacial score (nSPS) is 12.9. The van der Waals surface area contributed by atoms with E-state index in [9.17, 15) is 32.4 Å². The smallest absolute Gasteiger partial charge is 0.324 e. The number of carbonyl (C=O) groups is 2. The van der Waals surface area contributed by atoms with Crippen LogP contribution >= 0.6 is 0 Å². The lowest BCUT2D eigenvalue weighted by Crippen LogP contribution is -2.45. The Bertz CT molecular complexity index is 1360. The van der Waals surface area contributed by atoms with Crippen LogP contribution in [0.2, 0.25) is 0 Å². The third kappa shape index (κ3) is 4.66. The zero-order valence-corrected chi connectivity index (χ0v) is 18.4. The Morgan fingerprint density at radius 2 is 1.74 bits per heavy atom. The molecule has 0 saturated carbocycles. The van der Waals surface area contributed by atoms with E-state index in [1.807, 2.05) is 6.07 Å². The highest BCUT2D eigenvalue weighted by atomic mass is 19.1. The summed E-state index contributed by atoms with van der Waals surface area (Å²) in [6, 6.07) is 11.0. The summed E-state index contributed by atoms with van der Waals surface area (Å²) in [7, 11) is 1.57. The highest BCUT2D eigenvalue weighted by Gasteiger charge is 2.30. The molecule has 3 aromatic carbocycles. The average molecular weight is 482 g/mol. The maximum Gasteiger partial charge on any atom is 0.324 e. The molecule has 178 valence electrons. The number of rotatable bonds is 5. The van der Waals surface area contributed by atoms with E-state index >= 15 is 0 Å². The molecule has 0 unspecified atom stereocenters. The first-order chi connectivity index (χ1) is 16.7. The number of amides is 3. The van der Waals surface area contributed by atoms with Crippen LogP contribution in [-0.2, 0) is 19.6 Å². The lowest BCUT2D eigenvalue weighted by molar-refractivity contribution is 0.0950. The van der Waals surface area contributed by atoms with E-state index in [1.54, 1.807) is 13.1 Å². The second-order valence-electron chi connectivity index (χ2n) is 7.98. The van der Waals surface area contributed by atoms with Crippen molar-refractivity contribution >= 4 is 17.6 Å². The molecule has 1 heterocycles. The second-order valence-corrected chi connectivity index (χ2v) is 7.98. The third-order valence-electron chi connectivity index (χ3n) is 5.69. The van der Waals surface area contributed by atoms with E-state index in [0.29, 0.717) is 23.4 Å². The molecule has 0 aliphatic carbocycles. The molecular formula is C25H18F4N4O2. The number of fused-ring (bicyclic) bond motifs is 1. The fourth-order valence-electron chi connectivity index (χ4n) is 3.87. The van der Waals surface area contributed by atoms with Crippen molar-refractivity contribution in [3.8, 4) is 6.07 Å². The van der Waals surface area contributed by atoms with E-state index in [-0.39, 0.29) is 29.8 Å². The molecule has 3 aromatic rings. The number of benzene rings is 3. The van der Waals surface area contributed by atoms with Crippen molar-refractivity contribution in [1.29, 1.82) is 5.26 Å². The van der Waals surface area contributed by atoms with Gasteiger partial charge in [0.2, 0.25) is 0 Å². The van der Waals surface area contributed by atoms with Gasteiger partial charge in [-0.3, -0.25) is 9.69 Å². The molecule has 0 saturated heterocycles. The minimum atomic E-state index is -1.13. The van der Waals surface area contributed by atoms with Crippen molar-refractivity contribution in [2.24, 2.45) is 0 Å². The average Bonchev–Trinajstić information content (AvgIpc) is 2.81. The van der Waals surface area contributed by atoms with Crippen molar-refractivity contribution in [2.45, 2.75) is 19.6 Å². The predicted molar refractivity (Wildman–Crippen MR) is 118 cm³/mol. The quantitative estimate of drug-likeness (QED) is 0.540. The molecule has 0 aromatic heterocycles. The molecule has 0 atom stereocenters. The van der Waals surface area contributed by atoms with Gasteiger partial charge in [-0.1, -0.05) is 12.1 Å². The van der Waals surface area contributed by atoms with Gasteiger partial charge in [0.15, 0.2) is 0 Å². The van der Waals surface area contributed by atoms with Crippen LogP contribution in [0.15, 0.2) is 48.5 Å². The Kier molecular flexibility index (Phi) is 6.42. The van der Waals surface area contributed by atoms with Crippen molar-refractivity contribution in [2.75, 3.05) is 11.9 Å². The molecule has 0 fully saturated rings. The first-order valence-electron chi connectivity index (χ1n) is 10.4. The molecule has 1 aliphatic rings. The maximum absolute atomic E-state index is 14.5. The van der Waals surface area contributed by atoms with Crippen molar-refractivity contribution in [1.82, 2.24) is 10.2 Å². The van der Waals surface area contributed by atoms with Crippen LogP contribution in [0.3, 0.4) is 0 Å². The lowest BCUT2D eigenvalue weighted by atomic mass is 10.0. The first-order valence-corrected chi connectivity index (χ1v) is 10.4. The molecule has 1 N–H and O–H groups in total. The number of nitrogens with one attached hydrogen (secondary N) is 1. The summed E-state index contributed by atoms with van der Waals surface area (Å²) in [6.45, 7) is -0.538. The molecule has 35 heavy (non-hydrogen) atoms. The van der Waals surface area contributed by atoms with Gasteiger partial charge in [0.25, 0.3) is 5.91 Å². The lowest BCUT2D eigenvalue weighted by Gasteiger charge is -2.35. The number of halogens is 4. The molecule has 4 rings (SSSR count). The summed E-state index contributed by atoms with van der Waals surface area (Å²) in [4.78, 5) is 28.3. The molecule has 6 nitrogen and oxygen atoms in total. The van der Waals surface area contributed by atoms with Crippen LogP contribution in [-0.4, -0.2) is 23.9 Å². The summed E-state index contributed by atoms with van der Waals surface area (Å²) in [5.41, 5.74) is 0.704. The van der Waals surface area contributed by atoms with Gasteiger partial charge in [0, 0.05) is 49.0 Å². The predicted octanol–water partition coefficient (Wildman–Crippen LogP) is 4.62. The molecule has 0 bridgehead atoms. The minimum absolute atomic E-state index is 0.0294. The van der Waals surface area contributed by atoms with Gasteiger partial charge in [0.1, 0.15) is 23.3 Å². The van der Waals surface area contributed by atoms with Crippen LogP contribution in [0.25, 0.3) is 0 Å². The van der Waals surface area contributed by atoms with Crippen LogP contribution < -0.4 is 10.2 Å². The van der Waals surface area contributed by atoms with Gasteiger partial charge < -0.3 is 10.2 Å². The van der Waals surface area contributed by atoms with Gasteiger partial charge in [-0.2, -0.15) is 5.26 Å². The van der Waals surface area contributed by atoms with E-state index in [2.05, 4.69) is 5.32 Å². The van der Waals surface area contributed by atoms with Gasteiger partial charge in [-0.15, -0.1) is 0 Å². The third-order valence-corrected chi connectivity index (χ3v) is 5.69. The summed E-state index contributed by atoms with van der Waals surface area (Å²) < 4.78 is 55.4. The summed E-state index contributed by atoms with van der Waals surface area (Å²) >= 11 is 0. The van der Waals surface area contributed by atoms with Crippen LogP contribution in [0.1, 0.15) is 32.6 Å². The number of hydrogen-bond acceptors (Lipinski definition) is 3. The Morgan fingerprint density at radius 1 is 1.03 bits per heavy atom. The van der Waals surface area contributed by atoms with Crippen LogP contribution in [0, 0.1) is 34.6 Å². The van der Waals surface area contributed by atoms with Gasteiger partial charge in [0.05, 0.1) is 23.9 Å². The van der Waals surface area contributed by atoms with Crippen LogP contribution in [0.4, 0.5) is 28.0 Å². The Morgan fingerprint density at radius 3 is 2.43 bits per heavy atom. The topological polar surface area (TPSA) is 76.4 Å². The Balaban J connectivity index is 1.63. The molecule has 3 amide bonds. The number of urea groups is 1. The number of hydrogen-bond donors (Lipinski definition) is 1. The minimum Gasteiger partial charge on any atom is -0.348 e. The SMILES string of the molecule is CN1Cc2ccc(C(=O)NCc3c(F)cc(F)cc3F)cc2N(Cc2c(F)cccc2C#N)C1=O. The zero-order valence-electron chi connectivity index (χ0n) is 18.4. The van der Waals surface area contributed by atoms with Gasteiger partial charge >= 0.3 is 6.03 Å². The molecule has 0 radical (unpaired) electrons. The molecule has 10 heteroatoms. The standard InChI is InChI=1S/C25H18F4N4O2/c1-32-12-16-6-5-14(24(34)31-11-18-21(28)8-17(26)9-22(18)29)7-23(16)33(25(32)35)13-19-15(10-30)3-2-4-20(19)27/h2-9H,11-13H2,1H3,(H,31,34). The fraction of sp³-hybridized carbons (Fsp3) is 0.160. The fourth-order valence-corrected chi connectivity index (χ4v) is 3.87. The highest BCUT2D eigenvalue weighted by molar-refractivity contribution is 5.99. The number of carbonyl (C=O) groups excluding carboxylic acids is 2.